The Morgan fingerprint density at radius 1 is 0.477 bits per heavy atom. The Balaban J connectivity index is 2.57. The topological polar surface area (TPSA) is 210 Å². The van der Waals surface area contributed by atoms with Gasteiger partial charge in [-0.1, -0.05) is 148 Å². The van der Waals surface area contributed by atoms with Crippen molar-refractivity contribution in [1.29, 1.82) is 0 Å². The van der Waals surface area contributed by atoms with E-state index in [1.165, 1.54) is 0 Å². The number of aliphatic hydroxyl groups is 5. The van der Waals surface area contributed by atoms with Crippen LogP contribution >= 0.6 is 7.82 Å². The number of phosphoric acid groups is 1. The number of aliphatic hydroxyl groups excluding tert-OH is 5. The van der Waals surface area contributed by atoms with Crippen LogP contribution in [0.25, 0.3) is 0 Å². The van der Waals surface area contributed by atoms with E-state index in [1.54, 1.807) is 0 Å². The quantitative estimate of drug-likeness (QED) is 0.0152. The lowest BCUT2D eigenvalue weighted by Crippen LogP contribution is -2.64. The highest BCUT2D eigenvalue weighted by Crippen LogP contribution is 2.47. The molecule has 1 aliphatic carbocycles. The molecule has 0 spiro atoms. The summed E-state index contributed by atoms with van der Waals surface area (Å²) in [6, 6.07) is 0. The Morgan fingerprint density at radius 2 is 0.831 bits per heavy atom. The van der Waals surface area contributed by atoms with Crippen LogP contribution in [0.2, 0.25) is 0 Å². The molecule has 1 saturated carbocycles. The highest BCUT2D eigenvalue weighted by atomic mass is 31.2. The second-order valence-electron chi connectivity index (χ2n) is 15.1. The van der Waals surface area contributed by atoms with Crippen molar-refractivity contribution in [3.63, 3.8) is 0 Å². The predicted molar refractivity (Wildman–Crippen MR) is 257 cm³/mol. The molecule has 0 aromatic carbocycles. The molecule has 0 aliphatic heterocycles. The van der Waals surface area contributed by atoms with Crippen LogP contribution in [0.4, 0.5) is 0 Å². The lowest BCUT2D eigenvalue weighted by atomic mass is 9.85. The highest BCUT2D eigenvalue weighted by Gasteiger charge is 2.51. The Labute approximate surface area is 387 Å². The number of rotatable bonds is 35. The molecular weight excluding hydrogens is 852 g/mol. The molecule has 0 radical (unpaired) electrons. The van der Waals surface area contributed by atoms with Gasteiger partial charge in [0.05, 0.1) is 6.61 Å². The third kappa shape index (κ3) is 31.5. The van der Waals surface area contributed by atoms with Crippen molar-refractivity contribution in [1.82, 2.24) is 0 Å². The number of ether oxygens (including phenoxy) is 2. The zero-order valence-electron chi connectivity index (χ0n) is 38.5. The van der Waals surface area contributed by atoms with Crippen LogP contribution in [0.15, 0.2) is 134 Å². The van der Waals surface area contributed by atoms with E-state index in [4.69, 9.17) is 18.5 Å². The monoisotopic (exact) mass is 929 g/mol. The second kappa shape index (κ2) is 39.2. The first-order valence-corrected chi connectivity index (χ1v) is 24.5. The lowest BCUT2D eigenvalue weighted by Gasteiger charge is -2.41. The first kappa shape index (κ1) is 59.0. The second-order valence-corrected chi connectivity index (χ2v) is 16.5. The lowest BCUT2D eigenvalue weighted by molar-refractivity contribution is -0.220. The molecule has 6 N–H and O–H groups in total. The van der Waals surface area contributed by atoms with E-state index >= 15 is 0 Å². The standard InChI is InChI=1S/C51H77O13P/c1-3-5-7-9-11-13-15-17-19-21-22-24-26-28-30-32-34-36-38-40-45(53)63-43(42-62-65(59,60)64-51-49(57)47(55)46(54)48(56)50(51)58)41-61-44(52)39-37-35-33-31-29-27-25-23-20-18-16-14-12-10-8-6-4-2/h5-8,11-14,17-20,22,24-25,27-28,30-31,33-34,36,43,46-51,54-58H,3-4,9-10,15-16,21,23,26,29,32,35,37-42H2,1-2H3,(H,59,60)/b7-5-,8-6-,13-11-,14-12-,19-17-,20-18-,24-22-,27-25-,30-28-,33-31-,36-34-. The Hall–Kier alpha value is -4.01. The minimum atomic E-state index is -5.16. The van der Waals surface area contributed by atoms with Crippen molar-refractivity contribution in [2.45, 2.75) is 159 Å². The summed E-state index contributed by atoms with van der Waals surface area (Å²) in [7, 11) is -5.16. The van der Waals surface area contributed by atoms with Gasteiger partial charge in [-0.05, 0) is 89.9 Å². The van der Waals surface area contributed by atoms with Gasteiger partial charge in [0.15, 0.2) is 6.10 Å². The van der Waals surface area contributed by atoms with Crippen molar-refractivity contribution < 1.29 is 63.1 Å². The number of hydrogen-bond acceptors (Lipinski definition) is 12. The highest BCUT2D eigenvalue weighted by molar-refractivity contribution is 7.47. The average Bonchev–Trinajstić information content (AvgIpc) is 3.29. The van der Waals surface area contributed by atoms with E-state index in [-0.39, 0.29) is 12.8 Å². The fourth-order valence-electron chi connectivity index (χ4n) is 5.88. The van der Waals surface area contributed by atoms with E-state index in [0.717, 1.165) is 64.2 Å². The molecule has 0 bridgehead atoms. The Kier molecular flexibility index (Phi) is 35.6. The van der Waals surface area contributed by atoms with Crippen LogP contribution in [-0.2, 0) is 32.7 Å². The third-order valence-corrected chi connectivity index (χ3v) is 10.5. The van der Waals surface area contributed by atoms with Crippen molar-refractivity contribution in [2.24, 2.45) is 0 Å². The minimum absolute atomic E-state index is 0.0499. The summed E-state index contributed by atoms with van der Waals surface area (Å²) >= 11 is 0. The molecule has 6 atom stereocenters. The maximum Gasteiger partial charge on any atom is 0.472 e. The van der Waals surface area contributed by atoms with Crippen LogP contribution in [0.3, 0.4) is 0 Å². The van der Waals surface area contributed by atoms with Crippen LogP contribution in [0.1, 0.15) is 117 Å². The summed E-state index contributed by atoms with van der Waals surface area (Å²) in [5.74, 6) is -1.28. The maximum atomic E-state index is 12.8. The number of esters is 2. The normalized spacial score (nSPS) is 22.6. The van der Waals surface area contributed by atoms with Crippen molar-refractivity contribution >= 4 is 19.8 Å². The first-order valence-electron chi connectivity index (χ1n) is 23.0. The molecular formula is C51H77O13P. The van der Waals surface area contributed by atoms with E-state index < -0.39 is 75.7 Å². The van der Waals surface area contributed by atoms with Crippen LogP contribution in [0, 0.1) is 0 Å². The van der Waals surface area contributed by atoms with Gasteiger partial charge in [0, 0.05) is 12.8 Å². The van der Waals surface area contributed by atoms with Crippen LogP contribution < -0.4 is 0 Å². The number of hydrogen-bond donors (Lipinski definition) is 6. The molecule has 65 heavy (non-hydrogen) atoms. The summed E-state index contributed by atoms with van der Waals surface area (Å²) in [6.07, 6.45) is 43.8. The van der Waals surface area contributed by atoms with E-state index in [2.05, 4.69) is 117 Å². The Bertz CT molecular complexity index is 1640. The molecule has 1 aliphatic rings. The minimum Gasteiger partial charge on any atom is -0.462 e. The number of carbonyl (C=O) groups is 2. The van der Waals surface area contributed by atoms with Crippen LogP contribution in [-0.4, -0.2) is 98.3 Å². The van der Waals surface area contributed by atoms with Gasteiger partial charge in [0.2, 0.25) is 0 Å². The van der Waals surface area contributed by atoms with E-state index in [9.17, 15) is 44.6 Å². The largest absolute Gasteiger partial charge is 0.472 e. The zero-order valence-corrected chi connectivity index (χ0v) is 39.4. The van der Waals surface area contributed by atoms with Gasteiger partial charge in [-0.25, -0.2) is 4.57 Å². The number of phosphoric ester groups is 1. The number of allylic oxidation sites excluding steroid dienone is 22. The van der Waals surface area contributed by atoms with Gasteiger partial charge in [-0.15, -0.1) is 0 Å². The molecule has 364 valence electrons. The Morgan fingerprint density at radius 3 is 1.23 bits per heavy atom. The molecule has 1 rings (SSSR count). The molecule has 1 fully saturated rings. The fraction of sp³-hybridized carbons (Fsp3) is 0.529. The van der Waals surface area contributed by atoms with E-state index in [1.807, 2.05) is 30.4 Å². The molecule has 0 aromatic rings. The SMILES string of the molecule is CC/C=C\C/C=C\C/C=C\C/C=C\C/C=C\C/C=C\CCC(=O)OC(COC(=O)CCC/C=C\C/C=C\C/C=C\C/C=C\C/C=C\CC)COP(=O)(O)OC1C(O)C(O)C(O)C(O)C1O. The summed E-state index contributed by atoms with van der Waals surface area (Å²) < 4.78 is 33.4. The van der Waals surface area contributed by atoms with Crippen molar-refractivity contribution in [3.05, 3.63) is 134 Å². The smallest absolute Gasteiger partial charge is 0.462 e. The van der Waals surface area contributed by atoms with Gasteiger partial charge in [0.25, 0.3) is 0 Å². The summed E-state index contributed by atoms with van der Waals surface area (Å²) in [6.45, 7) is 2.93. The van der Waals surface area contributed by atoms with Gasteiger partial charge in [-0.2, -0.15) is 0 Å². The number of unbranched alkanes of at least 4 members (excludes halogenated alkanes) is 1. The molecule has 13 nitrogen and oxygen atoms in total. The maximum absolute atomic E-state index is 12.8. The molecule has 0 heterocycles. The molecule has 14 heteroatoms. The van der Waals surface area contributed by atoms with Gasteiger partial charge >= 0.3 is 19.8 Å². The molecule has 0 saturated heterocycles. The van der Waals surface area contributed by atoms with Gasteiger partial charge in [0.1, 0.15) is 43.2 Å². The zero-order chi connectivity index (χ0) is 47.8. The predicted octanol–water partition coefficient (Wildman–Crippen LogP) is 9.16. The fourth-order valence-corrected chi connectivity index (χ4v) is 6.85. The summed E-state index contributed by atoms with van der Waals surface area (Å²) in [5.41, 5.74) is 0. The molecule has 0 aromatic heterocycles. The van der Waals surface area contributed by atoms with Gasteiger partial charge < -0.3 is 39.9 Å². The first-order chi connectivity index (χ1) is 31.4. The summed E-state index contributed by atoms with van der Waals surface area (Å²) in [5, 5.41) is 50.2. The molecule has 0 amide bonds. The molecule has 6 unspecified atom stereocenters. The number of carbonyl (C=O) groups excluding carboxylic acids is 2. The van der Waals surface area contributed by atoms with Crippen molar-refractivity contribution in [2.75, 3.05) is 13.2 Å². The van der Waals surface area contributed by atoms with E-state index in [0.29, 0.717) is 25.7 Å². The third-order valence-electron chi connectivity index (χ3n) is 9.50. The van der Waals surface area contributed by atoms with Crippen molar-refractivity contribution in [3.8, 4) is 0 Å². The summed E-state index contributed by atoms with van der Waals surface area (Å²) in [4.78, 5) is 35.7. The average molecular weight is 929 g/mol. The van der Waals surface area contributed by atoms with Gasteiger partial charge in [-0.3, -0.25) is 18.6 Å². The van der Waals surface area contributed by atoms with Crippen LogP contribution in [0.5, 0.6) is 0 Å².